The molecule has 2 aromatic carbocycles. The number of hydrogen-bond donors (Lipinski definition) is 0. The Morgan fingerprint density at radius 2 is 1.59 bits per heavy atom. The summed E-state index contributed by atoms with van der Waals surface area (Å²) in [5, 5.41) is 5.79. The summed E-state index contributed by atoms with van der Waals surface area (Å²) in [7, 11) is 0. The Morgan fingerprint density at radius 1 is 0.955 bits per heavy atom. The summed E-state index contributed by atoms with van der Waals surface area (Å²) in [5.41, 5.74) is 3.23. The Kier molecular flexibility index (Phi) is 3.97. The van der Waals surface area contributed by atoms with Crippen LogP contribution >= 0.6 is 0 Å². The van der Waals surface area contributed by atoms with Crippen LogP contribution < -0.4 is 5.01 Å². The maximum atomic E-state index is 12.5. The summed E-state index contributed by atoms with van der Waals surface area (Å²) in [5.74, 6) is -0.0959. The minimum Gasteiger partial charge on any atom is -0.267 e. The Bertz CT molecular complexity index is 759. The minimum absolute atomic E-state index is 0.0959. The van der Waals surface area contributed by atoms with Crippen molar-refractivity contribution in [3.8, 4) is 0 Å². The normalized spacial score (nSPS) is 16.6. The molecule has 3 rings (SSSR count). The molecule has 0 aromatic heterocycles. The number of amides is 1. The summed E-state index contributed by atoms with van der Waals surface area (Å²) >= 11 is 0. The third kappa shape index (κ3) is 2.88. The van der Waals surface area contributed by atoms with Crippen LogP contribution in [0.25, 0.3) is 6.08 Å². The number of nitrogens with zero attached hydrogens (tertiary/aromatic N) is 2. The molecule has 0 radical (unpaired) electrons. The zero-order chi connectivity index (χ0) is 15.4. The third-order valence-electron chi connectivity index (χ3n) is 3.41. The highest BCUT2D eigenvalue weighted by Gasteiger charge is 2.27. The highest BCUT2D eigenvalue weighted by molar-refractivity contribution is 6.29. The van der Waals surface area contributed by atoms with Crippen molar-refractivity contribution in [1.29, 1.82) is 0 Å². The maximum Gasteiger partial charge on any atom is 0.280 e. The first-order valence-corrected chi connectivity index (χ1v) is 7.14. The molecule has 1 amide bonds. The zero-order valence-electron chi connectivity index (χ0n) is 12.3. The Hall–Kier alpha value is -2.94. The van der Waals surface area contributed by atoms with Gasteiger partial charge in [-0.3, -0.25) is 4.79 Å². The second kappa shape index (κ2) is 6.22. The third-order valence-corrected chi connectivity index (χ3v) is 3.41. The van der Waals surface area contributed by atoms with Gasteiger partial charge in [0.2, 0.25) is 0 Å². The van der Waals surface area contributed by atoms with Gasteiger partial charge in [0, 0.05) is 0 Å². The first-order valence-electron chi connectivity index (χ1n) is 7.14. The van der Waals surface area contributed by atoms with Gasteiger partial charge >= 0.3 is 0 Å². The lowest BCUT2D eigenvalue weighted by Gasteiger charge is -2.10. The van der Waals surface area contributed by atoms with Gasteiger partial charge in [0.15, 0.2) is 0 Å². The van der Waals surface area contributed by atoms with Crippen molar-refractivity contribution in [3.05, 3.63) is 84.0 Å². The molecule has 1 aliphatic heterocycles. The molecule has 3 heteroatoms. The fourth-order valence-electron chi connectivity index (χ4n) is 2.27. The van der Waals surface area contributed by atoms with E-state index in [9.17, 15) is 4.79 Å². The lowest BCUT2D eigenvalue weighted by molar-refractivity contribution is -0.114. The number of rotatable bonds is 3. The van der Waals surface area contributed by atoms with E-state index >= 15 is 0 Å². The van der Waals surface area contributed by atoms with E-state index in [2.05, 4.69) is 5.10 Å². The fourth-order valence-corrected chi connectivity index (χ4v) is 2.27. The first kappa shape index (κ1) is 14.0. The van der Waals surface area contributed by atoms with Gasteiger partial charge in [0.1, 0.15) is 0 Å². The van der Waals surface area contributed by atoms with Crippen LogP contribution in [0.3, 0.4) is 0 Å². The SMILES string of the molecule is CC1=NN(c2ccccc2)C(=O)/C1=C/C=C/c1ccccc1. The number of hydrogen-bond acceptors (Lipinski definition) is 2. The van der Waals surface area contributed by atoms with Crippen LogP contribution in [0.15, 0.2) is 83.5 Å². The van der Waals surface area contributed by atoms with Gasteiger partial charge in [0.05, 0.1) is 17.0 Å². The molecule has 22 heavy (non-hydrogen) atoms. The molecule has 1 aliphatic rings. The summed E-state index contributed by atoms with van der Waals surface area (Å²) in [4.78, 5) is 12.5. The Morgan fingerprint density at radius 3 is 2.27 bits per heavy atom. The van der Waals surface area contributed by atoms with Crippen molar-refractivity contribution in [2.45, 2.75) is 6.92 Å². The average Bonchev–Trinajstić information content (AvgIpc) is 2.85. The molecule has 0 saturated carbocycles. The molecular formula is C19H16N2O. The molecule has 108 valence electrons. The van der Waals surface area contributed by atoms with Gasteiger partial charge in [0.25, 0.3) is 5.91 Å². The number of carbonyl (C=O) groups excluding carboxylic acids is 1. The summed E-state index contributed by atoms with van der Waals surface area (Å²) in [6.07, 6.45) is 5.67. The van der Waals surface area contributed by atoms with E-state index in [0.29, 0.717) is 5.57 Å². The Balaban J connectivity index is 1.81. The zero-order valence-corrected chi connectivity index (χ0v) is 12.3. The van der Waals surface area contributed by atoms with Crippen molar-refractivity contribution in [2.24, 2.45) is 5.10 Å². The number of carbonyl (C=O) groups is 1. The van der Waals surface area contributed by atoms with Crippen LogP contribution in [0, 0.1) is 0 Å². The summed E-state index contributed by atoms with van der Waals surface area (Å²) < 4.78 is 0. The molecular weight excluding hydrogens is 272 g/mol. The van der Waals surface area contributed by atoms with E-state index in [1.807, 2.05) is 85.8 Å². The molecule has 3 nitrogen and oxygen atoms in total. The molecule has 0 N–H and O–H groups in total. The van der Waals surface area contributed by atoms with Crippen molar-refractivity contribution >= 4 is 23.4 Å². The first-order chi connectivity index (χ1) is 10.8. The molecule has 0 bridgehead atoms. The minimum atomic E-state index is -0.0959. The van der Waals surface area contributed by atoms with Crippen molar-refractivity contribution in [3.63, 3.8) is 0 Å². The molecule has 0 atom stereocenters. The van der Waals surface area contributed by atoms with Crippen LogP contribution in [-0.2, 0) is 4.79 Å². The predicted molar refractivity (Wildman–Crippen MR) is 90.6 cm³/mol. The lowest BCUT2D eigenvalue weighted by atomic mass is 10.1. The van der Waals surface area contributed by atoms with Gasteiger partial charge in [-0.2, -0.15) is 10.1 Å². The topological polar surface area (TPSA) is 32.7 Å². The average molecular weight is 288 g/mol. The smallest absolute Gasteiger partial charge is 0.267 e. The van der Waals surface area contributed by atoms with Crippen LogP contribution in [0.5, 0.6) is 0 Å². The monoisotopic (exact) mass is 288 g/mol. The largest absolute Gasteiger partial charge is 0.280 e. The van der Waals surface area contributed by atoms with E-state index in [-0.39, 0.29) is 5.91 Å². The van der Waals surface area contributed by atoms with Gasteiger partial charge in [-0.1, -0.05) is 60.7 Å². The second-order valence-electron chi connectivity index (χ2n) is 4.99. The Labute approximate surface area is 129 Å². The van der Waals surface area contributed by atoms with Gasteiger partial charge in [-0.05, 0) is 30.7 Å². The molecule has 0 spiro atoms. The van der Waals surface area contributed by atoms with Gasteiger partial charge in [-0.25, -0.2) is 0 Å². The maximum absolute atomic E-state index is 12.5. The van der Waals surface area contributed by atoms with Crippen molar-refractivity contribution in [1.82, 2.24) is 0 Å². The van der Waals surface area contributed by atoms with E-state index in [4.69, 9.17) is 0 Å². The van der Waals surface area contributed by atoms with Crippen molar-refractivity contribution in [2.75, 3.05) is 5.01 Å². The number of benzene rings is 2. The quantitative estimate of drug-likeness (QED) is 0.784. The van der Waals surface area contributed by atoms with Crippen LogP contribution in [0.4, 0.5) is 5.69 Å². The standard InChI is InChI=1S/C19H16N2O/c1-15-18(14-8-11-16-9-4-2-5-10-16)19(22)21(20-15)17-12-6-3-7-13-17/h2-14H,1H3/b11-8+,18-14+. The molecule has 0 saturated heterocycles. The second-order valence-corrected chi connectivity index (χ2v) is 4.99. The fraction of sp³-hybridized carbons (Fsp3) is 0.0526. The van der Waals surface area contributed by atoms with Crippen LogP contribution in [0.2, 0.25) is 0 Å². The van der Waals surface area contributed by atoms with E-state index in [0.717, 1.165) is 17.0 Å². The van der Waals surface area contributed by atoms with Gasteiger partial charge in [-0.15, -0.1) is 0 Å². The summed E-state index contributed by atoms with van der Waals surface area (Å²) in [6, 6.07) is 19.4. The lowest BCUT2D eigenvalue weighted by Crippen LogP contribution is -2.21. The van der Waals surface area contributed by atoms with Crippen LogP contribution in [0.1, 0.15) is 12.5 Å². The van der Waals surface area contributed by atoms with E-state index in [1.165, 1.54) is 5.01 Å². The van der Waals surface area contributed by atoms with Crippen LogP contribution in [-0.4, -0.2) is 11.6 Å². The number of allylic oxidation sites excluding steroid dienone is 2. The molecule has 0 aliphatic carbocycles. The highest BCUT2D eigenvalue weighted by Crippen LogP contribution is 2.23. The van der Waals surface area contributed by atoms with E-state index < -0.39 is 0 Å². The summed E-state index contributed by atoms with van der Waals surface area (Å²) in [6.45, 7) is 1.85. The van der Waals surface area contributed by atoms with Crippen molar-refractivity contribution < 1.29 is 4.79 Å². The molecule has 1 heterocycles. The van der Waals surface area contributed by atoms with E-state index in [1.54, 1.807) is 0 Å². The number of para-hydroxylation sites is 1. The number of hydrazone groups is 1. The predicted octanol–water partition coefficient (Wildman–Crippen LogP) is 4.05. The number of anilines is 1. The highest BCUT2D eigenvalue weighted by atomic mass is 16.2. The van der Waals surface area contributed by atoms with Gasteiger partial charge < -0.3 is 0 Å². The molecule has 0 fully saturated rings. The molecule has 2 aromatic rings. The molecule has 0 unspecified atom stereocenters.